The number of carbonyl (C=O) groups excluding carboxylic acids is 2. The van der Waals surface area contributed by atoms with Gasteiger partial charge in [0, 0.05) is 6.42 Å². The van der Waals surface area contributed by atoms with Crippen LogP contribution in [0.4, 0.5) is 0 Å². The van der Waals surface area contributed by atoms with Gasteiger partial charge in [0.15, 0.2) is 11.5 Å². The van der Waals surface area contributed by atoms with Crippen molar-refractivity contribution in [3.05, 3.63) is 59.7 Å². The average molecular weight is 551 g/mol. The van der Waals surface area contributed by atoms with Crippen LogP contribution < -0.4 is 14.9 Å². The van der Waals surface area contributed by atoms with Gasteiger partial charge < -0.3 is 9.47 Å². The fourth-order valence-corrected chi connectivity index (χ4v) is 4.58. The third-order valence-electron chi connectivity index (χ3n) is 6.89. The van der Waals surface area contributed by atoms with E-state index in [4.69, 9.17) is 9.47 Å². The number of ether oxygens (including phenoxy) is 2. The van der Waals surface area contributed by atoms with E-state index in [0.717, 1.165) is 18.4 Å². The number of carbonyl (C=O) groups is 2. The Morgan fingerprint density at radius 2 is 1.30 bits per heavy atom. The first-order valence-corrected chi connectivity index (χ1v) is 15.5. The summed E-state index contributed by atoms with van der Waals surface area (Å²) in [7, 11) is 0. The highest BCUT2D eigenvalue weighted by Crippen LogP contribution is 2.29. The van der Waals surface area contributed by atoms with Crippen molar-refractivity contribution in [3.8, 4) is 11.5 Å². The van der Waals surface area contributed by atoms with Crippen LogP contribution in [0, 0.1) is 0 Å². The number of esters is 1. The lowest BCUT2D eigenvalue weighted by molar-refractivity contribution is -0.121. The van der Waals surface area contributed by atoms with E-state index in [9.17, 15) is 9.59 Å². The molecule has 0 saturated carbocycles. The zero-order chi connectivity index (χ0) is 28.7. The molecule has 6 heteroatoms. The van der Waals surface area contributed by atoms with Gasteiger partial charge in [-0.05, 0) is 49.2 Å². The normalized spacial score (nSPS) is 11.1. The van der Waals surface area contributed by atoms with Crippen LogP contribution in [0.1, 0.15) is 133 Å². The molecule has 220 valence electrons. The topological polar surface area (TPSA) is 77.0 Å². The summed E-state index contributed by atoms with van der Waals surface area (Å²) in [5.41, 5.74) is 3.80. The minimum atomic E-state index is -0.450. The minimum Gasteiger partial charge on any atom is -0.490 e. The predicted octanol–water partition coefficient (Wildman–Crippen LogP) is 9.02. The molecule has 1 amide bonds. The van der Waals surface area contributed by atoms with Gasteiger partial charge in [-0.15, -0.1) is 0 Å². The molecular weight excluding hydrogens is 500 g/mol. The minimum absolute atomic E-state index is 0.0793. The lowest BCUT2D eigenvalue weighted by Crippen LogP contribution is -2.16. The van der Waals surface area contributed by atoms with Crippen LogP contribution in [0.5, 0.6) is 11.5 Å². The molecule has 0 aromatic heterocycles. The number of nitrogens with zero attached hydrogens (tertiary/aromatic N) is 1. The molecule has 0 unspecified atom stereocenters. The van der Waals surface area contributed by atoms with Gasteiger partial charge in [-0.1, -0.05) is 115 Å². The van der Waals surface area contributed by atoms with Gasteiger partial charge in [0.2, 0.25) is 5.91 Å². The lowest BCUT2D eigenvalue weighted by Gasteiger charge is -2.11. The molecule has 0 aliphatic heterocycles. The third-order valence-corrected chi connectivity index (χ3v) is 6.89. The molecule has 2 aromatic rings. The number of nitrogens with one attached hydrogen (secondary N) is 1. The summed E-state index contributed by atoms with van der Waals surface area (Å²) >= 11 is 0. The molecule has 0 aliphatic carbocycles. The van der Waals surface area contributed by atoms with Gasteiger partial charge in [0.1, 0.15) is 0 Å². The molecule has 0 fully saturated rings. The predicted molar refractivity (Wildman–Crippen MR) is 164 cm³/mol. The Morgan fingerprint density at radius 3 is 1.88 bits per heavy atom. The Balaban J connectivity index is 1.56. The highest BCUT2D eigenvalue weighted by atomic mass is 16.6. The maximum absolute atomic E-state index is 12.4. The van der Waals surface area contributed by atoms with Gasteiger partial charge in [0.25, 0.3) is 0 Å². The molecule has 0 aliphatic rings. The van der Waals surface area contributed by atoms with E-state index in [1.54, 1.807) is 48.7 Å². The van der Waals surface area contributed by atoms with E-state index in [0.29, 0.717) is 30.1 Å². The van der Waals surface area contributed by atoms with Crippen molar-refractivity contribution < 1.29 is 19.1 Å². The Morgan fingerprint density at radius 1 is 0.725 bits per heavy atom. The van der Waals surface area contributed by atoms with E-state index in [1.165, 1.54) is 83.5 Å². The van der Waals surface area contributed by atoms with E-state index in [-0.39, 0.29) is 5.91 Å². The van der Waals surface area contributed by atoms with Gasteiger partial charge in [-0.2, -0.15) is 5.10 Å². The van der Waals surface area contributed by atoms with Gasteiger partial charge in [-0.3, -0.25) is 4.79 Å². The highest BCUT2D eigenvalue weighted by molar-refractivity contribution is 5.91. The van der Waals surface area contributed by atoms with E-state index in [2.05, 4.69) is 17.5 Å². The Kier molecular flexibility index (Phi) is 17.9. The fourth-order valence-electron chi connectivity index (χ4n) is 4.58. The average Bonchev–Trinajstić information content (AvgIpc) is 2.97. The van der Waals surface area contributed by atoms with Crippen molar-refractivity contribution >= 4 is 18.1 Å². The molecule has 0 saturated heterocycles. The number of unbranched alkanes of at least 4 members (excludes halogenated alkanes) is 14. The number of benzene rings is 2. The first-order valence-electron chi connectivity index (χ1n) is 15.5. The molecule has 40 heavy (non-hydrogen) atoms. The fraction of sp³-hybridized carbons (Fsp3) is 0.559. The number of amides is 1. The summed E-state index contributed by atoms with van der Waals surface area (Å²) < 4.78 is 11.2. The van der Waals surface area contributed by atoms with Crippen LogP contribution >= 0.6 is 0 Å². The monoisotopic (exact) mass is 550 g/mol. The standard InChI is InChI=1S/C34H50N2O4/c1-3-5-6-7-8-9-10-11-12-13-14-15-16-17-21-24-33(37)36-35-28-29-25-26-31(32(27-29)39-4-2)40-34(38)30-22-19-18-20-23-30/h18-20,22-23,25-28H,3-17,21,24H2,1-2H3,(H,36,37). The largest absolute Gasteiger partial charge is 0.490 e. The van der Waals surface area contributed by atoms with Crippen LogP contribution in [0.3, 0.4) is 0 Å². The summed E-state index contributed by atoms with van der Waals surface area (Å²) in [4.78, 5) is 24.5. The second-order valence-corrected chi connectivity index (χ2v) is 10.4. The second kappa shape index (κ2) is 21.6. The SMILES string of the molecule is CCCCCCCCCCCCCCCCCC(=O)NN=Cc1ccc(OC(=O)c2ccccc2)c(OCC)c1. The summed E-state index contributed by atoms with van der Waals surface area (Å²) in [5.74, 6) is 0.253. The van der Waals surface area contributed by atoms with Gasteiger partial charge in [-0.25, -0.2) is 10.2 Å². The number of hydrogen-bond donors (Lipinski definition) is 1. The maximum atomic E-state index is 12.4. The molecule has 6 nitrogen and oxygen atoms in total. The van der Waals surface area contributed by atoms with Gasteiger partial charge >= 0.3 is 5.97 Å². The molecular formula is C34H50N2O4. The number of hydrazone groups is 1. The van der Waals surface area contributed by atoms with Crippen LogP contribution in [-0.4, -0.2) is 24.7 Å². The lowest BCUT2D eigenvalue weighted by atomic mass is 10.0. The van der Waals surface area contributed by atoms with Crippen molar-refractivity contribution in [3.63, 3.8) is 0 Å². The highest BCUT2D eigenvalue weighted by Gasteiger charge is 2.13. The van der Waals surface area contributed by atoms with Gasteiger partial charge in [0.05, 0.1) is 18.4 Å². The number of rotatable bonds is 22. The third kappa shape index (κ3) is 14.9. The van der Waals surface area contributed by atoms with Crippen LogP contribution in [0.2, 0.25) is 0 Å². The van der Waals surface area contributed by atoms with E-state index in [1.807, 2.05) is 13.0 Å². The maximum Gasteiger partial charge on any atom is 0.343 e. The zero-order valence-electron chi connectivity index (χ0n) is 24.8. The van der Waals surface area contributed by atoms with Crippen molar-refractivity contribution in [2.24, 2.45) is 5.10 Å². The van der Waals surface area contributed by atoms with Crippen molar-refractivity contribution in [2.75, 3.05) is 6.61 Å². The summed E-state index contributed by atoms with van der Waals surface area (Å²) in [6.07, 6.45) is 21.6. The molecule has 2 aromatic carbocycles. The summed E-state index contributed by atoms with van der Waals surface area (Å²) in [6.45, 7) is 4.56. The van der Waals surface area contributed by atoms with Crippen LogP contribution in [0.15, 0.2) is 53.6 Å². The first-order chi connectivity index (χ1) is 19.6. The zero-order valence-corrected chi connectivity index (χ0v) is 24.8. The molecule has 0 bridgehead atoms. The Labute approximate surface area is 241 Å². The number of hydrogen-bond acceptors (Lipinski definition) is 5. The van der Waals surface area contributed by atoms with Crippen molar-refractivity contribution in [1.82, 2.24) is 5.43 Å². The molecule has 1 N–H and O–H groups in total. The van der Waals surface area contributed by atoms with Crippen molar-refractivity contribution in [2.45, 2.75) is 117 Å². The second-order valence-electron chi connectivity index (χ2n) is 10.4. The van der Waals surface area contributed by atoms with E-state index >= 15 is 0 Å². The van der Waals surface area contributed by atoms with Crippen LogP contribution in [-0.2, 0) is 4.79 Å². The molecule has 0 spiro atoms. The summed E-state index contributed by atoms with van der Waals surface area (Å²) in [5, 5.41) is 4.08. The Hall–Kier alpha value is -3.15. The Bertz CT molecular complexity index is 991. The first kappa shape index (κ1) is 33.1. The quantitative estimate of drug-likeness (QED) is 0.0522. The van der Waals surface area contributed by atoms with Crippen molar-refractivity contribution in [1.29, 1.82) is 0 Å². The van der Waals surface area contributed by atoms with Crippen LogP contribution in [0.25, 0.3) is 0 Å². The summed E-state index contributed by atoms with van der Waals surface area (Å²) in [6, 6.07) is 14.0. The molecule has 0 radical (unpaired) electrons. The molecule has 0 atom stereocenters. The molecule has 2 rings (SSSR count). The van der Waals surface area contributed by atoms with E-state index < -0.39 is 5.97 Å². The molecule has 0 heterocycles. The smallest absolute Gasteiger partial charge is 0.343 e.